The van der Waals surface area contributed by atoms with Gasteiger partial charge in [-0.25, -0.2) is 0 Å². The first-order valence-electron chi connectivity index (χ1n) is 65.9. The van der Waals surface area contributed by atoms with Crippen LogP contribution in [0, 0.1) is 0 Å². The zero-order valence-electron chi connectivity index (χ0n) is 118. The van der Waals surface area contributed by atoms with Crippen LogP contribution in [0.4, 0.5) is 0 Å². The van der Waals surface area contributed by atoms with Crippen molar-refractivity contribution in [2.24, 2.45) is 0 Å². The van der Waals surface area contributed by atoms with Crippen molar-refractivity contribution < 1.29 is 154 Å². The zero-order valence-corrected chi connectivity index (χ0v) is 74.9. The Morgan fingerprint density at radius 2 is 0.621 bits per heavy atom. The number of piperazine rings is 5. The van der Waals surface area contributed by atoms with Gasteiger partial charge < -0.3 is 121 Å². The van der Waals surface area contributed by atoms with E-state index in [1.165, 1.54) is 61.3 Å². The fourth-order valence-electron chi connectivity index (χ4n) is 19.7. The number of H-pyrrole nitrogens is 5. The lowest BCUT2D eigenvalue weighted by molar-refractivity contribution is -0.157. The Hall–Kier alpha value is -17.4. The number of nitrogens with one attached hydrogen (secondary N) is 5. The maximum absolute atomic E-state index is 14.0. The summed E-state index contributed by atoms with van der Waals surface area (Å²) in [4.78, 5) is 156. The van der Waals surface area contributed by atoms with E-state index in [1.54, 1.807) is 91.0 Å². The highest BCUT2D eigenvalue weighted by molar-refractivity contribution is 6.03. The fraction of sp³-hybridized carbons (Fsp3) is 0.273. The number of para-hydroxylation sites is 5. The lowest BCUT2D eigenvalue weighted by atomic mass is 9.86. The van der Waals surface area contributed by atoms with Gasteiger partial charge in [-0.05, 0) is 146 Å². The third-order valence-electron chi connectivity index (χ3n) is 26.2. The molecule has 15 aliphatic heterocycles. The molecule has 10 aromatic carbocycles. The van der Waals surface area contributed by atoms with Gasteiger partial charge in [0.05, 0.1) is 97.0 Å². The van der Waals surface area contributed by atoms with E-state index in [1.807, 2.05) is 6.07 Å². The molecule has 0 radical (unpaired) electrons. The summed E-state index contributed by atoms with van der Waals surface area (Å²) in [5, 5.41) is 0.948. The number of carbonyl (C=O) groups excluding carboxylic acids is 10. The summed E-state index contributed by atoms with van der Waals surface area (Å²) in [7, 11) is 4.29. The van der Waals surface area contributed by atoms with Crippen LogP contribution in [0.2, 0.25) is 0 Å². The first-order chi connectivity index (χ1) is 87.3. The molecule has 5 fully saturated rings. The van der Waals surface area contributed by atoms with Gasteiger partial charge in [0.15, 0.2) is 57.5 Å². The normalized spacial score (nSPS) is 33.6. The summed E-state index contributed by atoms with van der Waals surface area (Å²) in [5.41, 5.74) is -0.869. The number of likely N-dealkylation sites (N-methyl/N-ethyl adjacent to an activating group) is 5. The number of fused-ring (bicyclic) bond motifs is 25. The molecule has 15 aromatic rings. The van der Waals surface area contributed by atoms with E-state index in [9.17, 15) is 57.5 Å². The highest BCUT2D eigenvalue weighted by Crippen LogP contribution is 2.53. The second-order valence-corrected chi connectivity index (χ2v) is 34.5. The number of aromatic nitrogens is 5. The number of ether oxygens (including phenoxy) is 10. The maximum Gasteiger partial charge on any atom is 0.245 e. The van der Waals surface area contributed by atoms with Crippen molar-refractivity contribution >= 4 is 114 Å². The number of aromatic amines is 5. The quantitative estimate of drug-likeness (QED) is 0.107. The van der Waals surface area contributed by atoms with E-state index < -0.39 is 328 Å². The largest absolute Gasteiger partial charge is 0.454 e. The van der Waals surface area contributed by atoms with Crippen molar-refractivity contribution in [2.75, 3.05) is 102 Å². The topological polar surface area (TPSA) is 374 Å². The minimum absolute atomic E-state index is 0.0143. The van der Waals surface area contributed by atoms with Crippen LogP contribution in [-0.4, -0.2) is 265 Å². The number of hydrogen-bond acceptors (Lipinski definition) is 20. The minimum atomic E-state index is -3.74. The van der Waals surface area contributed by atoms with Gasteiger partial charge in [0.25, 0.3) is 0 Å². The van der Waals surface area contributed by atoms with Crippen LogP contribution in [-0.2, 0) is 79.9 Å². The molecule has 30 rings (SSSR count). The molecule has 0 aliphatic carbocycles. The molecule has 5 N–H and O–H groups in total. The Bertz CT molecular complexity index is 10600. The van der Waals surface area contributed by atoms with Gasteiger partial charge in [-0.1, -0.05) is 121 Å². The van der Waals surface area contributed by atoms with Crippen LogP contribution in [0.3, 0.4) is 0 Å². The summed E-state index contributed by atoms with van der Waals surface area (Å²) >= 11 is 0. The second kappa shape index (κ2) is 33.9. The number of rotatable bonds is 5. The fourth-order valence-corrected chi connectivity index (χ4v) is 19.7. The smallest absolute Gasteiger partial charge is 0.245 e. The van der Waals surface area contributed by atoms with Crippen LogP contribution in [0.5, 0.6) is 57.5 Å². The van der Waals surface area contributed by atoms with Crippen molar-refractivity contribution in [3.8, 4) is 57.5 Å². The summed E-state index contributed by atoms with van der Waals surface area (Å²) in [5.74, 6) is -11.8. The van der Waals surface area contributed by atoms with E-state index in [2.05, 4.69) is 24.9 Å². The van der Waals surface area contributed by atoms with Crippen LogP contribution < -0.4 is 47.4 Å². The summed E-state index contributed by atoms with van der Waals surface area (Å²) in [6.07, 6.45) is -8.79. The molecule has 145 heavy (non-hydrogen) atoms. The van der Waals surface area contributed by atoms with Gasteiger partial charge in [0, 0.05) is 166 Å². The Morgan fingerprint density at radius 1 is 0.303 bits per heavy atom. The van der Waals surface area contributed by atoms with Crippen LogP contribution in [0.15, 0.2) is 212 Å². The molecule has 35 nitrogen and oxygen atoms in total. The van der Waals surface area contributed by atoms with E-state index in [0.717, 1.165) is 19.6 Å². The van der Waals surface area contributed by atoms with Crippen LogP contribution >= 0.6 is 0 Å². The predicted molar refractivity (Wildman–Crippen MR) is 523 cm³/mol. The molecule has 0 spiro atoms. The molecule has 0 saturated carbocycles. The van der Waals surface area contributed by atoms with Crippen molar-refractivity contribution in [3.63, 3.8) is 0 Å². The maximum atomic E-state index is 14.0. The van der Waals surface area contributed by atoms with Gasteiger partial charge >= 0.3 is 0 Å². The molecule has 0 bridgehead atoms. The Kier molecular flexibility index (Phi) is 12.5. The van der Waals surface area contributed by atoms with Gasteiger partial charge in [-0.3, -0.25) is 47.9 Å². The van der Waals surface area contributed by atoms with Gasteiger partial charge in [0.2, 0.25) is 92.9 Å². The third-order valence-corrected chi connectivity index (χ3v) is 26.2. The summed E-state index contributed by atoms with van der Waals surface area (Å²) < 4.78 is 418. The molecule has 15 aliphatic rings. The minimum Gasteiger partial charge on any atom is -0.454 e. The Balaban J connectivity index is 0.000000112. The van der Waals surface area contributed by atoms with Crippen molar-refractivity contribution in [3.05, 3.63) is 296 Å². The average molecular weight is 1990 g/mol. The third kappa shape index (κ3) is 14.2. The van der Waals surface area contributed by atoms with Gasteiger partial charge in [-0.15, -0.1) is 0 Å². The van der Waals surface area contributed by atoms with Crippen molar-refractivity contribution in [2.45, 2.75) is 92.2 Å². The Labute approximate surface area is 887 Å². The van der Waals surface area contributed by atoms with E-state index in [-0.39, 0.29) is 143 Å². The molecule has 730 valence electrons. The monoisotopic (exact) mass is 1990 g/mol. The number of nitrogens with zero attached hydrogens (tertiary/aromatic N) is 10. The first kappa shape index (κ1) is 53.5. The number of hydrogen-bond donors (Lipinski definition) is 5. The SMILES string of the molecule is [2H]C1([2H])Oc2ccc([C@]3([2H])c4[nH]c5ccccc5c4C([2H])([2H])[C@@H]4C(=O)N(C)CC(=O)N43)cc2O1.[2H]C1([2H])c2c([nH]c3ccccc23)[C@@]([2H])(c2ccc3c(c2)OCO3)N2C(=O)CN(C)C(=O)[C@H]21.[2H]c1c([2H])c([2H])c2c3c([nH]c2c1[2H])[C@@]([2H])(c1ccc2c(c1)OCO2)N1C(=O)CN(C)C(=O)[C@H]1C3([2H])[2H].[2H]c1c([2H])c([C@]2([2H])c3[nH]c4c([2H])c([2H])c([2H])c([2H])c4c3C[C@]3([2H])C(=O)N(C([2H])([2H])[2H])C([2H])([2H])C(=O)N23)c([2H])c2c1OC([2H])([2H])O2.[2H]c1c([2H])c([C@]2([2H])c3[nH]c4ccccc4c3C[C@]3([2H])C(=O)N(C([2H])([2H])[2H])C([2H])([2H])C(=O)N23)c([2H])c2c1OC([2H])([2H])O2. The molecule has 5 saturated heterocycles. The summed E-state index contributed by atoms with van der Waals surface area (Å²) in [6.45, 7) is -23.5. The number of carbonyl (C=O) groups is 10. The molecule has 10 amide bonds. The average Bonchev–Trinajstić information content (AvgIpc) is 1.53. The second-order valence-electron chi connectivity index (χ2n) is 34.5. The predicted octanol–water partition coefficient (Wildman–Crippen LogP) is 11.1. The van der Waals surface area contributed by atoms with Crippen molar-refractivity contribution in [1.82, 2.24) is 73.9 Å². The highest BCUT2D eigenvalue weighted by atomic mass is 16.7. The van der Waals surface area contributed by atoms with Gasteiger partial charge in [-0.2, -0.15) is 0 Å². The molecule has 20 heterocycles. The van der Waals surface area contributed by atoms with E-state index >= 15 is 0 Å². The van der Waals surface area contributed by atoms with Gasteiger partial charge in [0.1, 0.15) is 38.4 Å². The van der Waals surface area contributed by atoms with E-state index in [0.29, 0.717) is 61.3 Å². The lowest BCUT2D eigenvalue weighted by Crippen LogP contribution is -2.62. The molecular formula is C110H95N15O20. The lowest BCUT2D eigenvalue weighted by Gasteiger charge is -2.46. The molecule has 0 unspecified atom stereocenters. The van der Waals surface area contributed by atoms with Crippen molar-refractivity contribution in [1.29, 1.82) is 0 Å². The standard InChI is InChI=1S/5C22H19N3O4/c5*1-24-10-19(26)25-16(22(24)27)9-14-13-4-2-3-5-15(13)23-20(14)21(25)12-6-7-17-18(8-12)29-11-28-17/h5*2-8,16,21,23H,9-11H2,1H3/t5*16-,21-/m11111/s1/i1D3,2D,3D,4D,5D,6D,7D,8D,10D2,11D2,16D,21D;1D3,6D,7D,8D,10D2,11D2,16D,21D;2D,3D,4D,5D,9D2,21D;9D2,11D2,21D;9D2,21D. The highest BCUT2D eigenvalue weighted by Gasteiger charge is 2.55. The molecule has 35 heteroatoms. The van der Waals surface area contributed by atoms with Crippen LogP contribution in [0.25, 0.3) is 54.5 Å². The summed E-state index contributed by atoms with van der Waals surface area (Å²) in [6, 6.07) is 0.292. The molecule has 5 aromatic heterocycles. The Morgan fingerprint density at radius 3 is 1.03 bits per heavy atom. The number of amides is 10. The first-order valence-corrected chi connectivity index (χ1v) is 44.4. The zero-order chi connectivity index (χ0) is 136. The van der Waals surface area contributed by atoms with E-state index in [4.69, 9.17) is 96.7 Å². The molecule has 10 atom stereocenters. The molecular weight excluding hydrogens is 1850 g/mol. The number of benzene rings is 10. The van der Waals surface area contributed by atoms with Crippen LogP contribution in [0.1, 0.15) is 173 Å².